The highest BCUT2D eigenvalue weighted by atomic mass is 35.5. The number of rotatable bonds is 4. The molecule has 1 saturated heterocycles. The summed E-state index contributed by atoms with van der Waals surface area (Å²) in [5, 5.41) is 3.20. The average molecular weight is 296 g/mol. The Labute approximate surface area is 125 Å². The van der Waals surface area contributed by atoms with Crippen LogP contribution in [0.5, 0.6) is 0 Å². The van der Waals surface area contributed by atoms with E-state index in [1.807, 2.05) is 0 Å². The number of hydrogen-bond donors (Lipinski definition) is 1. The van der Waals surface area contributed by atoms with Crippen LogP contribution in [-0.2, 0) is 0 Å². The van der Waals surface area contributed by atoms with E-state index in [4.69, 9.17) is 11.6 Å². The van der Waals surface area contributed by atoms with E-state index in [9.17, 15) is 4.79 Å². The molecule has 1 aromatic rings. The molecule has 1 atom stereocenters. The van der Waals surface area contributed by atoms with Gasteiger partial charge in [-0.1, -0.05) is 18.5 Å². The third-order valence-electron chi connectivity index (χ3n) is 4.00. The molecule has 2 rings (SSSR count). The minimum atomic E-state index is -0.152. The van der Waals surface area contributed by atoms with Gasteiger partial charge in [-0.05, 0) is 50.9 Å². The molecule has 5 heteroatoms. The number of halogens is 1. The quantitative estimate of drug-likeness (QED) is 0.869. The van der Waals surface area contributed by atoms with Crippen LogP contribution in [0, 0.1) is 5.92 Å². The number of aromatic nitrogens is 1. The van der Waals surface area contributed by atoms with Crippen molar-refractivity contribution in [3.8, 4) is 0 Å². The summed E-state index contributed by atoms with van der Waals surface area (Å²) >= 11 is 5.92. The van der Waals surface area contributed by atoms with Crippen molar-refractivity contribution < 1.29 is 4.79 Å². The number of hydrogen-bond acceptors (Lipinski definition) is 3. The topological polar surface area (TPSA) is 45.2 Å². The number of likely N-dealkylation sites (tertiary alicyclic amines) is 1. The average Bonchev–Trinajstić information content (AvgIpc) is 2.45. The largest absolute Gasteiger partial charge is 0.350 e. The number of carbonyl (C=O) groups is 1. The van der Waals surface area contributed by atoms with E-state index in [2.05, 4.69) is 29.0 Å². The van der Waals surface area contributed by atoms with E-state index in [1.165, 1.54) is 12.8 Å². The van der Waals surface area contributed by atoms with Crippen molar-refractivity contribution >= 4 is 17.5 Å². The van der Waals surface area contributed by atoms with Gasteiger partial charge < -0.3 is 5.32 Å². The summed E-state index contributed by atoms with van der Waals surface area (Å²) in [5.74, 6) is 0.669. The molecule has 1 aromatic heterocycles. The number of amides is 1. The van der Waals surface area contributed by atoms with Crippen molar-refractivity contribution in [3.05, 3.63) is 29.0 Å². The molecule has 1 aliphatic rings. The molecule has 0 aromatic carbocycles. The summed E-state index contributed by atoms with van der Waals surface area (Å²) in [5.41, 5.74) is 0.439. The fraction of sp³-hybridized carbons (Fsp3) is 0.600. The molecule has 110 valence electrons. The summed E-state index contributed by atoms with van der Waals surface area (Å²) < 4.78 is 0. The van der Waals surface area contributed by atoms with Gasteiger partial charge in [-0.15, -0.1) is 0 Å². The van der Waals surface area contributed by atoms with Crippen molar-refractivity contribution in [3.63, 3.8) is 0 Å². The lowest BCUT2D eigenvalue weighted by atomic mass is 9.98. The standard InChI is InChI=1S/C15H22ClN3O/c1-11-5-8-19(9-6-11)12(2)10-18-15(20)13-4-3-7-17-14(13)16/h3-4,7,11-12H,5-6,8-10H2,1-2H3,(H,18,20). The van der Waals surface area contributed by atoms with Crippen LogP contribution in [0.4, 0.5) is 0 Å². The molecule has 4 nitrogen and oxygen atoms in total. The Morgan fingerprint density at radius 3 is 2.90 bits per heavy atom. The second-order valence-electron chi connectivity index (χ2n) is 5.62. The lowest BCUT2D eigenvalue weighted by molar-refractivity contribution is 0.0921. The second-order valence-corrected chi connectivity index (χ2v) is 5.98. The van der Waals surface area contributed by atoms with Gasteiger partial charge in [-0.2, -0.15) is 0 Å². The summed E-state index contributed by atoms with van der Waals surface area (Å²) in [6.45, 7) is 7.32. The van der Waals surface area contributed by atoms with Crippen molar-refractivity contribution in [1.82, 2.24) is 15.2 Å². The first-order chi connectivity index (χ1) is 9.58. The van der Waals surface area contributed by atoms with Gasteiger partial charge in [0.2, 0.25) is 0 Å². The van der Waals surface area contributed by atoms with Gasteiger partial charge in [0.05, 0.1) is 5.56 Å². The number of nitrogens with zero attached hydrogens (tertiary/aromatic N) is 2. The van der Waals surface area contributed by atoms with E-state index >= 15 is 0 Å². The van der Waals surface area contributed by atoms with Crippen molar-refractivity contribution in [1.29, 1.82) is 0 Å². The predicted octanol–water partition coefficient (Wildman–Crippen LogP) is 2.59. The maximum Gasteiger partial charge on any atom is 0.254 e. The van der Waals surface area contributed by atoms with Gasteiger partial charge in [0.25, 0.3) is 5.91 Å². The Balaban J connectivity index is 1.83. The molecule has 0 aliphatic carbocycles. The van der Waals surface area contributed by atoms with Crippen molar-refractivity contribution in [2.45, 2.75) is 32.7 Å². The molecule has 1 amide bonds. The Kier molecular flexibility index (Phi) is 5.38. The summed E-state index contributed by atoms with van der Waals surface area (Å²) in [6.07, 6.45) is 4.07. The Hall–Kier alpha value is -1.13. The number of pyridine rings is 1. The zero-order chi connectivity index (χ0) is 14.5. The van der Waals surface area contributed by atoms with Crippen LogP contribution in [0.15, 0.2) is 18.3 Å². The Morgan fingerprint density at radius 2 is 2.25 bits per heavy atom. The van der Waals surface area contributed by atoms with Gasteiger partial charge in [0.1, 0.15) is 5.15 Å². The van der Waals surface area contributed by atoms with Crippen LogP contribution in [0.25, 0.3) is 0 Å². The fourth-order valence-electron chi connectivity index (χ4n) is 2.49. The van der Waals surface area contributed by atoms with Gasteiger partial charge in [0, 0.05) is 18.8 Å². The third kappa shape index (κ3) is 3.93. The SMILES string of the molecule is CC1CCN(C(C)CNC(=O)c2cccnc2Cl)CC1. The first kappa shape index (κ1) is 15.3. The van der Waals surface area contributed by atoms with E-state index in [0.29, 0.717) is 18.2 Å². The van der Waals surface area contributed by atoms with Crippen LogP contribution in [-0.4, -0.2) is 41.5 Å². The first-order valence-electron chi connectivity index (χ1n) is 7.20. The molecular weight excluding hydrogens is 274 g/mol. The number of piperidine rings is 1. The highest BCUT2D eigenvalue weighted by molar-refractivity contribution is 6.32. The highest BCUT2D eigenvalue weighted by Gasteiger charge is 2.21. The van der Waals surface area contributed by atoms with Crippen LogP contribution in [0.2, 0.25) is 5.15 Å². The summed E-state index contributed by atoms with van der Waals surface area (Å²) in [7, 11) is 0. The van der Waals surface area contributed by atoms with Gasteiger partial charge in [-0.3, -0.25) is 9.69 Å². The van der Waals surface area contributed by atoms with Crippen molar-refractivity contribution in [2.24, 2.45) is 5.92 Å². The maximum absolute atomic E-state index is 12.1. The normalized spacial score (nSPS) is 18.8. The number of carbonyl (C=O) groups excluding carboxylic acids is 1. The predicted molar refractivity (Wildman–Crippen MR) is 81.0 cm³/mol. The smallest absolute Gasteiger partial charge is 0.254 e. The summed E-state index contributed by atoms with van der Waals surface area (Å²) in [6, 6.07) is 3.76. The maximum atomic E-state index is 12.1. The summed E-state index contributed by atoms with van der Waals surface area (Å²) in [4.78, 5) is 18.4. The van der Waals surface area contributed by atoms with E-state index < -0.39 is 0 Å². The Bertz CT molecular complexity index is 458. The van der Waals surface area contributed by atoms with E-state index in [-0.39, 0.29) is 11.1 Å². The molecule has 0 bridgehead atoms. The van der Waals surface area contributed by atoms with Crippen molar-refractivity contribution in [2.75, 3.05) is 19.6 Å². The van der Waals surface area contributed by atoms with Gasteiger partial charge in [0.15, 0.2) is 0 Å². The molecule has 1 aliphatic heterocycles. The zero-order valence-electron chi connectivity index (χ0n) is 12.1. The third-order valence-corrected chi connectivity index (χ3v) is 4.30. The van der Waals surface area contributed by atoms with Crippen LogP contribution >= 0.6 is 11.6 Å². The van der Waals surface area contributed by atoms with Gasteiger partial charge in [-0.25, -0.2) is 4.98 Å². The lowest BCUT2D eigenvalue weighted by Gasteiger charge is -2.35. The van der Waals surface area contributed by atoms with Crippen LogP contribution < -0.4 is 5.32 Å². The molecule has 0 saturated carbocycles. The molecule has 20 heavy (non-hydrogen) atoms. The van der Waals surface area contributed by atoms with E-state index in [0.717, 1.165) is 19.0 Å². The van der Waals surface area contributed by atoms with Gasteiger partial charge >= 0.3 is 0 Å². The zero-order valence-corrected chi connectivity index (χ0v) is 12.9. The molecule has 1 unspecified atom stereocenters. The van der Waals surface area contributed by atoms with Crippen LogP contribution in [0.1, 0.15) is 37.0 Å². The minimum Gasteiger partial charge on any atom is -0.350 e. The molecular formula is C15H22ClN3O. The van der Waals surface area contributed by atoms with E-state index in [1.54, 1.807) is 18.3 Å². The fourth-order valence-corrected chi connectivity index (χ4v) is 2.69. The highest BCUT2D eigenvalue weighted by Crippen LogP contribution is 2.18. The lowest BCUT2D eigenvalue weighted by Crippen LogP contribution is -2.45. The Morgan fingerprint density at radius 1 is 1.55 bits per heavy atom. The number of nitrogens with one attached hydrogen (secondary N) is 1. The monoisotopic (exact) mass is 295 g/mol. The molecule has 2 heterocycles. The second kappa shape index (κ2) is 7.04. The minimum absolute atomic E-state index is 0.152. The first-order valence-corrected chi connectivity index (χ1v) is 7.58. The molecule has 1 N–H and O–H groups in total. The molecule has 1 fully saturated rings. The molecule has 0 spiro atoms. The molecule has 0 radical (unpaired) electrons. The van der Waals surface area contributed by atoms with Crippen LogP contribution in [0.3, 0.4) is 0 Å².